The van der Waals surface area contributed by atoms with Crippen LogP contribution in [0.15, 0.2) is 0 Å². The molecule has 340 valence electrons. The summed E-state index contributed by atoms with van der Waals surface area (Å²) in [7, 11) is 0. The van der Waals surface area contributed by atoms with Gasteiger partial charge in [-0.25, -0.2) is 0 Å². The number of esters is 1. The molecule has 0 saturated carbocycles. The van der Waals surface area contributed by atoms with Crippen molar-refractivity contribution in [3.8, 4) is 0 Å². The molecule has 0 aliphatic heterocycles. The molecule has 0 aromatic heterocycles. The van der Waals surface area contributed by atoms with E-state index in [1.807, 2.05) is 0 Å². The molecule has 0 radical (unpaired) electrons. The molecule has 0 aromatic carbocycles. The van der Waals surface area contributed by atoms with Gasteiger partial charge < -0.3 is 20.3 Å². The van der Waals surface area contributed by atoms with Gasteiger partial charge in [-0.15, -0.1) is 0 Å². The van der Waals surface area contributed by atoms with Gasteiger partial charge in [-0.2, -0.15) is 0 Å². The van der Waals surface area contributed by atoms with Crippen molar-refractivity contribution in [2.24, 2.45) is 0 Å². The second kappa shape index (κ2) is 45.9. The lowest BCUT2D eigenvalue weighted by molar-refractivity contribution is -0.151. The van der Waals surface area contributed by atoms with Gasteiger partial charge in [0, 0.05) is 6.42 Å². The predicted octanol–water partition coefficient (Wildman–Crippen LogP) is 15.2. The Labute approximate surface area is 356 Å². The largest absolute Gasteiger partial charge is 0.462 e. The van der Waals surface area contributed by atoms with Gasteiger partial charge >= 0.3 is 5.97 Å². The molecule has 3 unspecified atom stereocenters. The van der Waals surface area contributed by atoms with Crippen LogP contribution in [0.2, 0.25) is 0 Å². The van der Waals surface area contributed by atoms with E-state index in [1.54, 1.807) is 0 Å². The van der Waals surface area contributed by atoms with Crippen LogP contribution in [0.5, 0.6) is 0 Å². The summed E-state index contributed by atoms with van der Waals surface area (Å²) in [6, 6.07) is -0.691. The lowest BCUT2D eigenvalue weighted by Gasteiger charge is -2.24. The molecule has 0 rings (SSSR count). The second-order valence-electron chi connectivity index (χ2n) is 17.9. The number of ether oxygens (including phenoxy) is 1. The SMILES string of the molecule is CCCCCCCCCCCCCCCCCC(CC(=O)NC(CO)C(O)CCCCCCCCCCCCC)OC(=O)CCCCCCCCCCCCCC. The highest BCUT2D eigenvalue weighted by Crippen LogP contribution is 2.19. The van der Waals surface area contributed by atoms with Crippen molar-refractivity contribution in [2.45, 2.75) is 309 Å². The molecule has 1 amide bonds. The maximum atomic E-state index is 13.2. The van der Waals surface area contributed by atoms with Crippen molar-refractivity contribution in [1.82, 2.24) is 5.32 Å². The molecule has 6 nitrogen and oxygen atoms in total. The molecule has 0 saturated heterocycles. The van der Waals surface area contributed by atoms with Crippen LogP contribution in [0.3, 0.4) is 0 Å². The molecule has 57 heavy (non-hydrogen) atoms. The Hall–Kier alpha value is -1.14. The lowest BCUT2D eigenvalue weighted by Crippen LogP contribution is -2.46. The molecule has 0 aromatic rings. The summed E-state index contributed by atoms with van der Waals surface area (Å²) in [4.78, 5) is 26.1. The Balaban J connectivity index is 4.52. The fraction of sp³-hybridized carbons (Fsp3) is 0.961. The van der Waals surface area contributed by atoms with E-state index in [2.05, 4.69) is 26.1 Å². The number of hydrogen-bond donors (Lipinski definition) is 3. The average molecular weight is 808 g/mol. The number of carbonyl (C=O) groups excluding carboxylic acids is 2. The fourth-order valence-corrected chi connectivity index (χ4v) is 8.26. The first kappa shape index (κ1) is 55.9. The van der Waals surface area contributed by atoms with E-state index in [0.717, 1.165) is 44.9 Å². The number of carbonyl (C=O) groups is 2. The van der Waals surface area contributed by atoms with Gasteiger partial charge in [-0.1, -0.05) is 252 Å². The molecule has 0 aliphatic carbocycles. The first-order valence-corrected chi connectivity index (χ1v) is 25.8. The number of amides is 1. The van der Waals surface area contributed by atoms with Crippen LogP contribution in [0.25, 0.3) is 0 Å². The first-order chi connectivity index (χ1) is 28.0. The molecule has 3 atom stereocenters. The summed E-state index contributed by atoms with van der Waals surface area (Å²) < 4.78 is 5.94. The van der Waals surface area contributed by atoms with Gasteiger partial charge in [0.15, 0.2) is 0 Å². The van der Waals surface area contributed by atoms with Crippen LogP contribution in [0.1, 0.15) is 290 Å². The van der Waals surface area contributed by atoms with Crippen LogP contribution in [-0.4, -0.2) is 46.9 Å². The third kappa shape index (κ3) is 41.4. The predicted molar refractivity (Wildman–Crippen MR) is 246 cm³/mol. The zero-order valence-corrected chi connectivity index (χ0v) is 38.8. The first-order valence-electron chi connectivity index (χ1n) is 25.8. The normalized spacial score (nSPS) is 13.1. The van der Waals surface area contributed by atoms with Gasteiger partial charge in [-0.05, 0) is 25.7 Å². The van der Waals surface area contributed by atoms with Gasteiger partial charge in [0.2, 0.25) is 5.91 Å². The smallest absolute Gasteiger partial charge is 0.306 e. The van der Waals surface area contributed by atoms with E-state index in [1.165, 1.54) is 199 Å². The van der Waals surface area contributed by atoms with Crippen molar-refractivity contribution < 1.29 is 24.5 Å². The minimum Gasteiger partial charge on any atom is -0.462 e. The number of unbranched alkanes of at least 4 members (excludes halogenated alkanes) is 35. The summed E-state index contributed by atoms with van der Waals surface area (Å²) >= 11 is 0. The Morgan fingerprint density at radius 2 is 0.737 bits per heavy atom. The van der Waals surface area contributed by atoms with E-state index >= 15 is 0 Å². The van der Waals surface area contributed by atoms with Crippen LogP contribution < -0.4 is 5.32 Å². The highest BCUT2D eigenvalue weighted by Gasteiger charge is 2.24. The molecular formula is C51H101NO5. The van der Waals surface area contributed by atoms with Crippen LogP contribution >= 0.6 is 0 Å². The zero-order chi connectivity index (χ0) is 41.7. The quantitative estimate of drug-likeness (QED) is 0.0420. The lowest BCUT2D eigenvalue weighted by atomic mass is 10.0. The average Bonchev–Trinajstić information content (AvgIpc) is 3.20. The van der Waals surface area contributed by atoms with E-state index in [0.29, 0.717) is 19.3 Å². The maximum Gasteiger partial charge on any atom is 0.306 e. The van der Waals surface area contributed by atoms with E-state index in [9.17, 15) is 19.8 Å². The Morgan fingerprint density at radius 3 is 1.07 bits per heavy atom. The van der Waals surface area contributed by atoms with Gasteiger partial charge in [-0.3, -0.25) is 9.59 Å². The molecule has 0 bridgehead atoms. The van der Waals surface area contributed by atoms with Crippen molar-refractivity contribution in [3.63, 3.8) is 0 Å². The number of rotatable bonds is 47. The van der Waals surface area contributed by atoms with Crippen LogP contribution in [0, 0.1) is 0 Å². The molecule has 0 heterocycles. The third-order valence-electron chi connectivity index (χ3n) is 12.2. The molecule has 3 N–H and O–H groups in total. The second-order valence-corrected chi connectivity index (χ2v) is 17.9. The van der Waals surface area contributed by atoms with Gasteiger partial charge in [0.25, 0.3) is 0 Å². The van der Waals surface area contributed by atoms with E-state index in [-0.39, 0.29) is 24.9 Å². The highest BCUT2D eigenvalue weighted by atomic mass is 16.5. The van der Waals surface area contributed by atoms with Crippen LogP contribution in [-0.2, 0) is 14.3 Å². The van der Waals surface area contributed by atoms with Gasteiger partial charge in [0.05, 0.1) is 25.2 Å². The number of nitrogens with one attached hydrogen (secondary N) is 1. The summed E-state index contributed by atoms with van der Waals surface area (Å²) in [6.07, 6.45) is 48.7. The van der Waals surface area contributed by atoms with Crippen molar-refractivity contribution in [1.29, 1.82) is 0 Å². The highest BCUT2D eigenvalue weighted by molar-refractivity contribution is 5.77. The number of aliphatic hydroxyl groups excluding tert-OH is 2. The molecular weight excluding hydrogens is 707 g/mol. The fourth-order valence-electron chi connectivity index (χ4n) is 8.26. The summed E-state index contributed by atoms with van der Waals surface area (Å²) in [6.45, 7) is 6.50. The van der Waals surface area contributed by atoms with Gasteiger partial charge in [0.1, 0.15) is 6.10 Å². The number of hydrogen-bond acceptors (Lipinski definition) is 5. The zero-order valence-electron chi connectivity index (χ0n) is 38.8. The Morgan fingerprint density at radius 1 is 0.439 bits per heavy atom. The summed E-state index contributed by atoms with van der Waals surface area (Å²) in [5.41, 5.74) is 0. The topological polar surface area (TPSA) is 95.9 Å². The molecule has 0 spiro atoms. The Bertz CT molecular complexity index is 821. The minimum atomic E-state index is -0.778. The van der Waals surface area contributed by atoms with Crippen molar-refractivity contribution in [2.75, 3.05) is 6.61 Å². The van der Waals surface area contributed by atoms with E-state index < -0.39 is 18.2 Å². The van der Waals surface area contributed by atoms with Crippen LogP contribution in [0.4, 0.5) is 0 Å². The summed E-state index contributed by atoms with van der Waals surface area (Å²) in [5, 5.41) is 23.7. The maximum absolute atomic E-state index is 13.2. The summed E-state index contributed by atoms with van der Waals surface area (Å²) in [5.74, 6) is -0.452. The third-order valence-corrected chi connectivity index (χ3v) is 12.2. The molecule has 0 fully saturated rings. The van der Waals surface area contributed by atoms with E-state index in [4.69, 9.17) is 4.74 Å². The molecule has 6 heteroatoms. The minimum absolute atomic E-state index is 0.0878. The van der Waals surface area contributed by atoms with Crippen molar-refractivity contribution >= 4 is 11.9 Å². The monoisotopic (exact) mass is 808 g/mol. The Kier molecular flexibility index (Phi) is 45.0. The van der Waals surface area contributed by atoms with Crippen molar-refractivity contribution in [3.05, 3.63) is 0 Å². The standard InChI is InChI=1S/C51H101NO5/c1-4-7-10-13-16-19-22-24-25-26-28-30-33-36-39-42-47(57-51(56)44-41-38-35-32-29-23-20-17-14-11-8-5-2)45-50(55)52-48(46-53)49(54)43-40-37-34-31-27-21-18-15-12-9-6-3/h47-49,53-54H,4-46H2,1-3H3,(H,52,55). The molecule has 0 aliphatic rings. The number of aliphatic hydroxyl groups is 2.